The van der Waals surface area contributed by atoms with Crippen molar-refractivity contribution < 1.29 is 9.53 Å². The van der Waals surface area contributed by atoms with Gasteiger partial charge < -0.3 is 4.74 Å². The van der Waals surface area contributed by atoms with E-state index < -0.39 is 0 Å². The summed E-state index contributed by atoms with van der Waals surface area (Å²) >= 11 is 2.19. The molecule has 0 bridgehead atoms. The quantitative estimate of drug-likeness (QED) is 0.223. The molecule has 0 spiro atoms. The molecule has 0 saturated heterocycles. The monoisotopic (exact) mass is 324 g/mol. The molecule has 15 heavy (non-hydrogen) atoms. The van der Waals surface area contributed by atoms with E-state index in [2.05, 4.69) is 34.3 Å². The number of ether oxygens (including phenoxy) is 1. The van der Waals surface area contributed by atoms with Crippen LogP contribution in [0.25, 0.3) is 0 Å². The van der Waals surface area contributed by atoms with Crippen LogP contribution in [-0.2, 0) is 9.53 Å². The second-order valence-corrected chi connectivity index (χ2v) is 4.32. The van der Waals surface area contributed by atoms with Crippen molar-refractivity contribution in [3.05, 3.63) is 11.6 Å². The highest BCUT2D eigenvalue weighted by atomic mass is 127. The molecule has 3 heteroatoms. The Balaban J connectivity index is 3.67. The highest BCUT2D eigenvalue weighted by Crippen LogP contribution is 2.09. The predicted molar refractivity (Wildman–Crippen MR) is 72.4 cm³/mol. The first-order valence-electron chi connectivity index (χ1n) is 5.59. The topological polar surface area (TPSA) is 26.3 Å². The van der Waals surface area contributed by atoms with Crippen LogP contribution in [-0.4, -0.2) is 17.5 Å². The van der Waals surface area contributed by atoms with Crippen molar-refractivity contribution in [3.63, 3.8) is 0 Å². The van der Waals surface area contributed by atoms with Crippen molar-refractivity contribution in [2.75, 3.05) is 11.5 Å². The van der Waals surface area contributed by atoms with E-state index in [1.54, 1.807) is 0 Å². The van der Waals surface area contributed by atoms with Gasteiger partial charge >= 0.3 is 5.97 Å². The molecule has 0 amide bonds. The Morgan fingerprint density at radius 1 is 1.27 bits per heavy atom. The molecule has 0 unspecified atom stereocenters. The molecule has 0 atom stereocenters. The zero-order valence-corrected chi connectivity index (χ0v) is 11.9. The van der Waals surface area contributed by atoms with E-state index in [-0.39, 0.29) is 5.97 Å². The van der Waals surface area contributed by atoms with Crippen LogP contribution in [0.15, 0.2) is 11.6 Å². The van der Waals surface area contributed by atoms with Crippen LogP contribution in [0.1, 0.15) is 45.4 Å². The zero-order valence-electron chi connectivity index (χ0n) is 9.72. The number of carbonyl (C=O) groups excluding carboxylic acids is 1. The van der Waals surface area contributed by atoms with Gasteiger partial charge in [0.2, 0.25) is 0 Å². The lowest BCUT2D eigenvalue weighted by molar-refractivity contribution is -0.135. The van der Waals surface area contributed by atoms with Crippen LogP contribution in [0.5, 0.6) is 0 Å². The number of unbranched alkanes of at least 4 members (excludes halogenated alkanes) is 5. The summed E-state index contributed by atoms with van der Waals surface area (Å²) in [5.74, 6) is -0.182. The molecule has 0 rings (SSSR count). The van der Waals surface area contributed by atoms with E-state index in [0.29, 0.717) is 0 Å². The Morgan fingerprint density at radius 3 is 2.47 bits per heavy atom. The average Bonchev–Trinajstić information content (AvgIpc) is 2.27. The molecule has 0 aromatic rings. The van der Waals surface area contributed by atoms with E-state index >= 15 is 0 Å². The number of halogens is 1. The van der Waals surface area contributed by atoms with Gasteiger partial charge in [-0.25, -0.2) is 4.79 Å². The maximum atomic E-state index is 11.2. The maximum Gasteiger partial charge on any atom is 0.334 e. The Hall–Kier alpha value is -0.0600. The number of allylic oxidation sites excluding steroid dienone is 1. The number of hydrogen-bond acceptors (Lipinski definition) is 2. The van der Waals surface area contributed by atoms with Crippen molar-refractivity contribution in [1.29, 1.82) is 0 Å². The summed E-state index contributed by atoms with van der Waals surface area (Å²) in [6.45, 7) is 2.21. The molecule has 0 aromatic carbocycles. The van der Waals surface area contributed by atoms with Gasteiger partial charge in [-0.05, 0) is 12.8 Å². The van der Waals surface area contributed by atoms with Gasteiger partial charge in [-0.3, -0.25) is 0 Å². The number of hydrogen-bond donors (Lipinski definition) is 0. The minimum absolute atomic E-state index is 0.182. The summed E-state index contributed by atoms with van der Waals surface area (Å²) < 4.78 is 5.42. The highest BCUT2D eigenvalue weighted by molar-refractivity contribution is 14.1. The van der Waals surface area contributed by atoms with Crippen molar-refractivity contribution in [3.8, 4) is 0 Å². The lowest BCUT2D eigenvalue weighted by Gasteiger charge is -2.01. The van der Waals surface area contributed by atoms with Gasteiger partial charge in [0.25, 0.3) is 0 Å². The molecular formula is C12H21IO2. The van der Waals surface area contributed by atoms with Crippen molar-refractivity contribution >= 4 is 28.6 Å². The largest absolute Gasteiger partial charge is 0.466 e. The molecule has 0 aromatic heterocycles. The summed E-state index contributed by atoms with van der Waals surface area (Å²) in [6, 6.07) is 0. The van der Waals surface area contributed by atoms with Gasteiger partial charge in [-0.15, -0.1) is 0 Å². The Bertz CT molecular complexity index is 200. The van der Waals surface area contributed by atoms with E-state index in [1.807, 2.05) is 6.08 Å². The fraction of sp³-hybridized carbons (Fsp3) is 0.750. The fourth-order valence-corrected chi connectivity index (χ4v) is 1.97. The van der Waals surface area contributed by atoms with Gasteiger partial charge in [-0.2, -0.15) is 0 Å². The molecule has 0 aliphatic heterocycles. The van der Waals surface area contributed by atoms with E-state index in [0.717, 1.165) is 16.4 Å². The second-order valence-electron chi connectivity index (χ2n) is 3.56. The molecule has 0 N–H and O–H groups in total. The summed E-state index contributed by atoms with van der Waals surface area (Å²) in [5.41, 5.74) is 0.800. The van der Waals surface area contributed by atoms with E-state index in [1.165, 1.54) is 39.2 Å². The minimum atomic E-state index is -0.182. The molecule has 0 radical (unpaired) electrons. The maximum absolute atomic E-state index is 11.2. The lowest BCUT2D eigenvalue weighted by atomic mass is 10.1. The Morgan fingerprint density at radius 2 is 1.93 bits per heavy atom. The van der Waals surface area contributed by atoms with Crippen LogP contribution in [0.2, 0.25) is 0 Å². The van der Waals surface area contributed by atoms with Crippen LogP contribution in [0.3, 0.4) is 0 Å². The highest BCUT2D eigenvalue weighted by Gasteiger charge is 2.06. The summed E-state index contributed by atoms with van der Waals surface area (Å²) in [5, 5.41) is 0. The molecule has 0 heterocycles. The number of rotatable bonds is 8. The van der Waals surface area contributed by atoms with Crippen LogP contribution >= 0.6 is 22.6 Å². The molecule has 0 saturated carbocycles. The minimum Gasteiger partial charge on any atom is -0.466 e. The van der Waals surface area contributed by atoms with Crippen molar-refractivity contribution in [2.45, 2.75) is 45.4 Å². The van der Waals surface area contributed by atoms with Crippen molar-refractivity contribution in [1.82, 2.24) is 0 Å². The standard InChI is InChI=1S/C12H21IO2/c1-3-4-5-6-7-8-9-11(10-13)12(14)15-2/h9H,3-8,10H2,1-2H3/b11-9+. The first-order chi connectivity index (χ1) is 7.26. The first kappa shape index (κ1) is 14.9. The van der Waals surface area contributed by atoms with Gasteiger partial charge in [0.1, 0.15) is 0 Å². The van der Waals surface area contributed by atoms with Crippen LogP contribution in [0, 0.1) is 0 Å². The second kappa shape index (κ2) is 10.5. The number of carbonyl (C=O) groups is 1. The smallest absolute Gasteiger partial charge is 0.334 e. The normalized spacial score (nSPS) is 11.5. The van der Waals surface area contributed by atoms with Crippen molar-refractivity contribution in [2.24, 2.45) is 0 Å². The zero-order chi connectivity index (χ0) is 11.5. The van der Waals surface area contributed by atoms with Crippen LogP contribution < -0.4 is 0 Å². The summed E-state index contributed by atoms with van der Waals surface area (Å²) in [6.07, 6.45) is 9.36. The van der Waals surface area contributed by atoms with E-state index in [4.69, 9.17) is 0 Å². The van der Waals surface area contributed by atoms with Gasteiger partial charge in [0.05, 0.1) is 7.11 Å². The number of alkyl halides is 1. The summed E-state index contributed by atoms with van der Waals surface area (Å²) in [4.78, 5) is 11.2. The number of methoxy groups -OCH3 is 1. The lowest BCUT2D eigenvalue weighted by Crippen LogP contribution is -2.05. The Labute approximate surface area is 107 Å². The third-order valence-corrected chi connectivity index (χ3v) is 3.11. The SMILES string of the molecule is CCCCCCC/C=C(\CI)C(=O)OC. The van der Waals surface area contributed by atoms with Crippen LogP contribution in [0.4, 0.5) is 0 Å². The third-order valence-electron chi connectivity index (χ3n) is 2.29. The molecule has 88 valence electrons. The molecule has 0 aliphatic carbocycles. The molecule has 2 nitrogen and oxygen atoms in total. The van der Waals surface area contributed by atoms with E-state index in [9.17, 15) is 4.79 Å². The first-order valence-corrected chi connectivity index (χ1v) is 7.12. The van der Waals surface area contributed by atoms with Gasteiger partial charge in [0, 0.05) is 10.0 Å². The predicted octanol–water partition coefficient (Wildman–Crippen LogP) is 3.88. The third kappa shape index (κ3) is 7.82. The number of esters is 1. The Kier molecular flexibility index (Phi) is 10.4. The van der Waals surface area contributed by atoms with Gasteiger partial charge in [-0.1, -0.05) is 61.3 Å². The van der Waals surface area contributed by atoms with Gasteiger partial charge in [0.15, 0.2) is 0 Å². The summed E-state index contributed by atoms with van der Waals surface area (Å²) in [7, 11) is 1.43. The average molecular weight is 324 g/mol. The fourth-order valence-electron chi connectivity index (χ4n) is 1.35. The molecule has 0 aliphatic rings. The molecular weight excluding hydrogens is 303 g/mol. The molecule has 0 fully saturated rings.